The van der Waals surface area contributed by atoms with Crippen LogP contribution in [0.2, 0.25) is 0 Å². The third-order valence-electron chi connectivity index (χ3n) is 3.84. The molecule has 2 saturated carbocycles. The van der Waals surface area contributed by atoms with E-state index in [0.29, 0.717) is 5.66 Å². The van der Waals surface area contributed by atoms with E-state index in [9.17, 15) is 0 Å². The molecule has 68 valence electrons. The molecule has 4 fully saturated rings. The Kier molecular flexibility index (Phi) is 1.72. The Hall–Kier alpha value is 0.650. The van der Waals surface area contributed by atoms with E-state index in [-0.39, 0.29) is 0 Å². The Labute approximate surface area is 87.4 Å². The van der Waals surface area contributed by atoms with E-state index in [2.05, 4.69) is 31.7 Å². The van der Waals surface area contributed by atoms with Gasteiger partial charge in [0.1, 0.15) is 0 Å². The van der Waals surface area contributed by atoms with E-state index >= 15 is 0 Å². The Bertz CT molecular complexity index is 169. The topological polar surface area (TPSA) is 24.1 Å². The highest BCUT2D eigenvalue weighted by molar-refractivity contribution is 14.1. The number of hydrogen-bond acceptors (Lipinski definition) is 2. The summed E-state index contributed by atoms with van der Waals surface area (Å²) in [6, 6.07) is 0.832. The van der Waals surface area contributed by atoms with Gasteiger partial charge in [0.25, 0.3) is 0 Å². The quantitative estimate of drug-likeness (QED) is 0.564. The number of halogens is 1. The van der Waals surface area contributed by atoms with Crippen LogP contribution in [0.5, 0.6) is 0 Å². The van der Waals surface area contributed by atoms with E-state index in [0.717, 1.165) is 17.9 Å². The van der Waals surface area contributed by atoms with Crippen LogP contribution in [0.1, 0.15) is 32.1 Å². The average Bonchev–Trinajstić information content (AvgIpc) is 2.02. The molecule has 2 atom stereocenters. The van der Waals surface area contributed by atoms with E-state index in [1.807, 2.05) is 0 Å². The molecule has 0 aromatic heterocycles. The Morgan fingerprint density at radius 2 is 1.83 bits per heavy atom. The zero-order chi connectivity index (χ0) is 8.18. The lowest BCUT2D eigenvalue weighted by atomic mass is 9.62. The third kappa shape index (κ3) is 1.06. The largest absolute Gasteiger partial charge is 0.296 e. The molecular weight excluding hydrogens is 263 g/mol. The highest BCUT2D eigenvalue weighted by Gasteiger charge is 2.50. The number of piperidine rings is 2. The molecule has 2 aliphatic carbocycles. The Morgan fingerprint density at radius 3 is 2.33 bits per heavy atom. The van der Waals surface area contributed by atoms with E-state index in [1.54, 1.807) is 0 Å². The molecule has 2 unspecified atom stereocenters. The van der Waals surface area contributed by atoms with Crippen molar-refractivity contribution in [3.63, 3.8) is 0 Å². The summed E-state index contributed by atoms with van der Waals surface area (Å²) in [5.41, 5.74) is 0.329. The molecule has 2 nitrogen and oxygen atoms in total. The molecule has 0 aromatic rings. The lowest BCUT2D eigenvalue weighted by Gasteiger charge is -2.56. The van der Waals surface area contributed by atoms with Crippen LogP contribution in [-0.2, 0) is 0 Å². The van der Waals surface area contributed by atoms with E-state index in [1.165, 1.54) is 32.1 Å². The molecule has 4 aliphatic rings. The van der Waals surface area contributed by atoms with Gasteiger partial charge in [-0.15, -0.1) is 0 Å². The summed E-state index contributed by atoms with van der Waals surface area (Å²) < 4.78 is 3.47. The van der Waals surface area contributed by atoms with Gasteiger partial charge in [-0.2, -0.15) is 0 Å². The smallest absolute Gasteiger partial charge is 0.0780 e. The molecule has 2 saturated heterocycles. The van der Waals surface area contributed by atoms with Crippen LogP contribution in [0.25, 0.3) is 0 Å². The van der Waals surface area contributed by atoms with Crippen molar-refractivity contribution < 1.29 is 0 Å². The summed E-state index contributed by atoms with van der Waals surface area (Å²) in [7, 11) is 0. The van der Waals surface area contributed by atoms with Gasteiger partial charge in [0.05, 0.1) is 5.66 Å². The first-order chi connectivity index (χ1) is 5.80. The van der Waals surface area contributed by atoms with Gasteiger partial charge in [0, 0.05) is 28.9 Å². The van der Waals surface area contributed by atoms with E-state index in [4.69, 9.17) is 0 Å². The Morgan fingerprint density at radius 1 is 1.17 bits per heavy atom. The second-order valence-electron chi connectivity index (χ2n) is 4.87. The van der Waals surface area contributed by atoms with Gasteiger partial charge in [-0.1, -0.05) is 0 Å². The van der Waals surface area contributed by atoms with Gasteiger partial charge in [-0.25, -0.2) is 3.53 Å². The van der Waals surface area contributed by atoms with Gasteiger partial charge < -0.3 is 0 Å². The van der Waals surface area contributed by atoms with Crippen molar-refractivity contribution in [2.24, 2.45) is 11.8 Å². The van der Waals surface area contributed by atoms with Gasteiger partial charge >= 0.3 is 0 Å². The molecule has 0 spiro atoms. The summed E-state index contributed by atoms with van der Waals surface area (Å²) in [4.78, 5) is 0. The van der Waals surface area contributed by atoms with Crippen LogP contribution in [0.4, 0.5) is 0 Å². The normalized spacial score (nSPS) is 56.2. The van der Waals surface area contributed by atoms with Gasteiger partial charge in [0.15, 0.2) is 0 Å². The lowest BCUT2D eigenvalue weighted by Crippen LogP contribution is -2.68. The van der Waals surface area contributed by atoms with Crippen LogP contribution in [0.15, 0.2) is 0 Å². The first kappa shape index (κ1) is 8.00. The number of hydrogen-bond donors (Lipinski definition) is 2. The van der Waals surface area contributed by atoms with Crippen molar-refractivity contribution in [3.05, 3.63) is 0 Å². The van der Waals surface area contributed by atoms with Gasteiger partial charge in [-0.3, -0.25) is 5.32 Å². The highest BCUT2D eigenvalue weighted by atomic mass is 127. The van der Waals surface area contributed by atoms with Gasteiger partial charge in [0.2, 0.25) is 0 Å². The zero-order valence-corrected chi connectivity index (χ0v) is 9.30. The van der Waals surface area contributed by atoms with Crippen molar-refractivity contribution >= 4 is 22.9 Å². The molecule has 12 heavy (non-hydrogen) atoms. The lowest BCUT2D eigenvalue weighted by molar-refractivity contribution is -0.00437. The minimum absolute atomic E-state index is 0.329. The molecule has 0 radical (unpaired) electrons. The van der Waals surface area contributed by atoms with Crippen LogP contribution in [0, 0.1) is 11.8 Å². The summed E-state index contributed by atoms with van der Waals surface area (Å²) in [5, 5.41) is 3.76. The summed E-state index contributed by atoms with van der Waals surface area (Å²) in [6.45, 7) is 0. The van der Waals surface area contributed by atoms with Crippen LogP contribution in [0.3, 0.4) is 0 Å². The monoisotopic (exact) mass is 278 g/mol. The van der Waals surface area contributed by atoms with Crippen molar-refractivity contribution in [2.45, 2.75) is 43.8 Å². The molecule has 2 heterocycles. The minimum atomic E-state index is 0.329. The maximum Gasteiger partial charge on any atom is 0.0780 e. The standard InChI is InChI=1S/C9H15IN2/c10-12-9-4-6-1-7(5-9)3-8(2-6)11-9/h6-8,11-12H,1-5H2. The summed E-state index contributed by atoms with van der Waals surface area (Å²) >= 11 is 2.32. The Balaban J connectivity index is 1.90. The fraction of sp³-hybridized carbons (Fsp3) is 1.00. The molecule has 2 N–H and O–H groups in total. The SMILES string of the molecule is INC12CC3CC(CC(C3)N1)C2. The first-order valence-corrected chi connectivity index (χ1v) is 6.03. The predicted molar refractivity (Wildman–Crippen MR) is 56.9 cm³/mol. The molecule has 4 rings (SSSR count). The first-order valence-electron chi connectivity index (χ1n) is 4.95. The van der Waals surface area contributed by atoms with Crippen molar-refractivity contribution in [1.82, 2.24) is 8.85 Å². The molecule has 0 amide bonds. The van der Waals surface area contributed by atoms with Crippen molar-refractivity contribution in [2.75, 3.05) is 0 Å². The molecular formula is C9H15IN2. The minimum Gasteiger partial charge on any atom is -0.296 e. The molecule has 3 heteroatoms. The second-order valence-corrected chi connectivity index (χ2v) is 5.40. The second kappa shape index (κ2) is 2.58. The van der Waals surface area contributed by atoms with Crippen LogP contribution < -0.4 is 8.85 Å². The van der Waals surface area contributed by atoms with Crippen molar-refractivity contribution in [3.8, 4) is 0 Å². The predicted octanol–water partition coefficient (Wildman–Crippen LogP) is 1.80. The summed E-state index contributed by atoms with van der Waals surface area (Å²) in [6.07, 6.45) is 7.12. The molecule has 0 aromatic carbocycles. The number of rotatable bonds is 1. The third-order valence-corrected chi connectivity index (χ3v) is 4.87. The number of nitrogens with one attached hydrogen (secondary N) is 2. The van der Waals surface area contributed by atoms with Gasteiger partial charge in [-0.05, 0) is 43.9 Å². The molecule has 2 aliphatic heterocycles. The maximum atomic E-state index is 3.76. The average molecular weight is 278 g/mol. The fourth-order valence-corrected chi connectivity index (χ4v) is 4.29. The highest BCUT2D eigenvalue weighted by Crippen LogP contribution is 2.48. The fourth-order valence-electron chi connectivity index (χ4n) is 3.70. The zero-order valence-electron chi connectivity index (χ0n) is 7.15. The van der Waals surface area contributed by atoms with Crippen molar-refractivity contribution in [1.29, 1.82) is 0 Å². The van der Waals surface area contributed by atoms with E-state index < -0.39 is 0 Å². The summed E-state index contributed by atoms with van der Waals surface area (Å²) in [5.74, 6) is 2.04. The maximum absolute atomic E-state index is 3.76. The molecule has 4 bridgehead atoms. The van der Waals surface area contributed by atoms with Crippen LogP contribution >= 0.6 is 22.9 Å². The van der Waals surface area contributed by atoms with Crippen LogP contribution in [-0.4, -0.2) is 11.7 Å².